The van der Waals surface area contributed by atoms with Crippen molar-refractivity contribution < 1.29 is 0 Å². The summed E-state index contributed by atoms with van der Waals surface area (Å²) in [4.78, 5) is 11.3. The van der Waals surface area contributed by atoms with Crippen LogP contribution in [0.3, 0.4) is 0 Å². The van der Waals surface area contributed by atoms with Crippen LogP contribution in [-0.2, 0) is 0 Å². The maximum atomic E-state index is 4.55. The molecule has 1 saturated heterocycles. The van der Waals surface area contributed by atoms with Crippen LogP contribution in [0, 0.1) is 5.92 Å². The summed E-state index contributed by atoms with van der Waals surface area (Å²) in [5, 5.41) is 3.08. The Hall–Kier alpha value is -0.840. The topological polar surface area (TPSA) is 41.1 Å². The van der Waals surface area contributed by atoms with Crippen LogP contribution >= 0.6 is 15.9 Å². The fourth-order valence-electron chi connectivity index (χ4n) is 2.22. The van der Waals surface area contributed by atoms with Crippen LogP contribution in [0.1, 0.15) is 26.2 Å². The highest BCUT2D eigenvalue weighted by Crippen LogP contribution is 2.24. The molecule has 1 aromatic heterocycles. The molecule has 1 fully saturated rings. The molecule has 2 rings (SSSR count). The first-order chi connectivity index (χ1) is 8.20. The van der Waals surface area contributed by atoms with Gasteiger partial charge in [0, 0.05) is 26.3 Å². The van der Waals surface area contributed by atoms with E-state index >= 15 is 0 Å². The van der Waals surface area contributed by atoms with Gasteiger partial charge in [-0.1, -0.05) is 13.3 Å². The molecule has 1 aliphatic heterocycles. The Kier molecular flexibility index (Phi) is 4.20. The first-order valence-corrected chi connectivity index (χ1v) is 6.95. The first kappa shape index (κ1) is 12.6. The van der Waals surface area contributed by atoms with Crippen LogP contribution < -0.4 is 10.2 Å². The lowest BCUT2D eigenvalue weighted by atomic mass is 10.1. The highest BCUT2D eigenvalue weighted by molar-refractivity contribution is 9.10. The number of aromatic nitrogens is 2. The summed E-state index contributed by atoms with van der Waals surface area (Å²) in [6, 6.07) is 0. The maximum Gasteiger partial charge on any atom is 0.227 e. The van der Waals surface area contributed by atoms with Crippen molar-refractivity contribution in [3.05, 3.63) is 10.7 Å². The van der Waals surface area contributed by atoms with Crippen molar-refractivity contribution in [3.63, 3.8) is 0 Å². The molecule has 1 unspecified atom stereocenters. The number of hydrogen-bond donors (Lipinski definition) is 1. The molecule has 94 valence electrons. The lowest BCUT2D eigenvalue weighted by molar-refractivity contribution is 0.542. The zero-order chi connectivity index (χ0) is 12.3. The molecule has 1 atom stereocenters. The maximum absolute atomic E-state index is 4.55. The van der Waals surface area contributed by atoms with E-state index in [1.807, 2.05) is 13.2 Å². The van der Waals surface area contributed by atoms with Crippen molar-refractivity contribution in [2.45, 2.75) is 26.2 Å². The molecule has 5 heteroatoms. The summed E-state index contributed by atoms with van der Waals surface area (Å²) >= 11 is 3.44. The van der Waals surface area contributed by atoms with Crippen LogP contribution in [0.2, 0.25) is 0 Å². The van der Waals surface area contributed by atoms with Gasteiger partial charge in [0.15, 0.2) is 0 Å². The lowest BCUT2D eigenvalue weighted by Gasteiger charge is -2.23. The molecule has 0 aliphatic carbocycles. The largest absolute Gasteiger partial charge is 0.372 e. The third kappa shape index (κ3) is 3.09. The Labute approximate surface area is 111 Å². The first-order valence-electron chi connectivity index (χ1n) is 6.16. The van der Waals surface area contributed by atoms with E-state index < -0.39 is 0 Å². The van der Waals surface area contributed by atoms with Gasteiger partial charge in [-0.15, -0.1) is 0 Å². The number of nitrogens with zero attached hydrogens (tertiary/aromatic N) is 3. The predicted octanol–water partition coefficient (Wildman–Crippen LogP) is 2.91. The normalized spacial score (nSPS) is 21.1. The second-order valence-electron chi connectivity index (χ2n) is 4.66. The van der Waals surface area contributed by atoms with Crippen molar-refractivity contribution in [3.8, 4) is 0 Å². The molecule has 2 heterocycles. The Bertz CT molecular complexity index is 383. The molecule has 4 nitrogen and oxygen atoms in total. The Morgan fingerprint density at radius 1 is 1.47 bits per heavy atom. The molecule has 1 N–H and O–H groups in total. The number of anilines is 2. The zero-order valence-electron chi connectivity index (χ0n) is 10.4. The van der Waals surface area contributed by atoms with E-state index in [-0.39, 0.29) is 0 Å². The molecule has 0 amide bonds. The zero-order valence-corrected chi connectivity index (χ0v) is 12.0. The molecule has 0 bridgehead atoms. The minimum absolute atomic E-state index is 0.725. The number of nitrogens with one attached hydrogen (secondary N) is 1. The fourth-order valence-corrected chi connectivity index (χ4v) is 2.61. The number of hydrogen-bond acceptors (Lipinski definition) is 4. The molecule has 0 saturated carbocycles. The van der Waals surface area contributed by atoms with Crippen LogP contribution in [0.5, 0.6) is 0 Å². The standard InChI is InChI=1S/C12H19BrN4/c1-9-5-3-4-6-17(8-9)12-15-7-10(13)11(14-2)16-12/h7,9H,3-6,8H2,1-2H3,(H,14,15,16). The number of halogens is 1. The van der Waals surface area contributed by atoms with Gasteiger partial charge in [-0.2, -0.15) is 4.98 Å². The Morgan fingerprint density at radius 3 is 3.06 bits per heavy atom. The molecule has 17 heavy (non-hydrogen) atoms. The summed E-state index contributed by atoms with van der Waals surface area (Å²) in [5.74, 6) is 2.42. The van der Waals surface area contributed by atoms with E-state index in [1.54, 1.807) is 0 Å². The highest BCUT2D eigenvalue weighted by Gasteiger charge is 2.17. The monoisotopic (exact) mass is 298 g/mol. The van der Waals surface area contributed by atoms with Gasteiger partial charge in [-0.25, -0.2) is 4.98 Å². The average Bonchev–Trinajstić information content (AvgIpc) is 2.54. The second kappa shape index (κ2) is 5.67. The molecule has 0 spiro atoms. The molecule has 0 aromatic carbocycles. The third-order valence-electron chi connectivity index (χ3n) is 3.16. The third-order valence-corrected chi connectivity index (χ3v) is 3.74. The van der Waals surface area contributed by atoms with Gasteiger partial charge in [-0.05, 0) is 34.7 Å². The Balaban J connectivity index is 2.20. The highest BCUT2D eigenvalue weighted by atomic mass is 79.9. The van der Waals surface area contributed by atoms with E-state index in [0.29, 0.717) is 0 Å². The fraction of sp³-hybridized carbons (Fsp3) is 0.667. The van der Waals surface area contributed by atoms with Crippen molar-refractivity contribution in [1.82, 2.24) is 9.97 Å². The number of rotatable bonds is 2. The van der Waals surface area contributed by atoms with Crippen LogP contribution in [0.15, 0.2) is 10.7 Å². The van der Waals surface area contributed by atoms with Gasteiger partial charge in [0.05, 0.1) is 4.47 Å². The van der Waals surface area contributed by atoms with Crippen LogP contribution in [0.4, 0.5) is 11.8 Å². The van der Waals surface area contributed by atoms with Gasteiger partial charge < -0.3 is 10.2 Å². The molecule has 0 radical (unpaired) electrons. The summed E-state index contributed by atoms with van der Waals surface area (Å²) in [6.07, 6.45) is 5.68. The summed E-state index contributed by atoms with van der Waals surface area (Å²) in [5.41, 5.74) is 0. The SMILES string of the molecule is CNc1nc(N2CCCCC(C)C2)ncc1Br. The van der Waals surface area contributed by atoms with Gasteiger partial charge in [0.25, 0.3) is 0 Å². The smallest absolute Gasteiger partial charge is 0.227 e. The minimum Gasteiger partial charge on any atom is -0.372 e. The molecule has 1 aliphatic rings. The van der Waals surface area contributed by atoms with Gasteiger partial charge in [0.2, 0.25) is 5.95 Å². The van der Waals surface area contributed by atoms with E-state index in [4.69, 9.17) is 0 Å². The van der Waals surface area contributed by atoms with Gasteiger partial charge in [0.1, 0.15) is 5.82 Å². The van der Waals surface area contributed by atoms with Gasteiger partial charge >= 0.3 is 0 Å². The predicted molar refractivity (Wildman–Crippen MR) is 74.5 cm³/mol. The molecular weight excluding hydrogens is 280 g/mol. The molecular formula is C12H19BrN4. The van der Waals surface area contributed by atoms with E-state index in [9.17, 15) is 0 Å². The van der Waals surface area contributed by atoms with E-state index in [2.05, 4.69) is 43.0 Å². The summed E-state index contributed by atoms with van der Waals surface area (Å²) < 4.78 is 0.909. The summed E-state index contributed by atoms with van der Waals surface area (Å²) in [7, 11) is 1.88. The quantitative estimate of drug-likeness (QED) is 0.911. The lowest BCUT2D eigenvalue weighted by Crippen LogP contribution is -2.29. The van der Waals surface area contributed by atoms with Crippen molar-refractivity contribution in [1.29, 1.82) is 0 Å². The second-order valence-corrected chi connectivity index (χ2v) is 5.52. The van der Waals surface area contributed by atoms with Crippen molar-refractivity contribution in [2.24, 2.45) is 5.92 Å². The van der Waals surface area contributed by atoms with E-state index in [1.165, 1.54) is 19.3 Å². The summed E-state index contributed by atoms with van der Waals surface area (Å²) in [6.45, 7) is 4.43. The Morgan fingerprint density at radius 2 is 2.29 bits per heavy atom. The van der Waals surface area contributed by atoms with Crippen LogP contribution in [-0.4, -0.2) is 30.1 Å². The van der Waals surface area contributed by atoms with Crippen molar-refractivity contribution in [2.75, 3.05) is 30.4 Å². The molecule has 1 aromatic rings. The minimum atomic E-state index is 0.725. The van der Waals surface area contributed by atoms with E-state index in [0.717, 1.165) is 35.2 Å². The average molecular weight is 299 g/mol. The van der Waals surface area contributed by atoms with Gasteiger partial charge in [-0.3, -0.25) is 0 Å². The van der Waals surface area contributed by atoms with Crippen LogP contribution in [0.25, 0.3) is 0 Å². The van der Waals surface area contributed by atoms with Crippen molar-refractivity contribution >= 4 is 27.7 Å².